The fourth-order valence-corrected chi connectivity index (χ4v) is 1.24. The van der Waals surface area contributed by atoms with Crippen molar-refractivity contribution >= 4 is 17.3 Å². The van der Waals surface area contributed by atoms with E-state index in [0.717, 1.165) is 18.9 Å². The zero-order valence-electron chi connectivity index (χ0n) is 9.83. The number of halogens is 1. The van der Waals surface area contributed by atoms with Gasteiger partial charge >= 0.3 is 0 Å². The Morgan fingerprint density at radius 1 is 1.53 bits per heavy atom. The first-order chi connectivity index (χ1) is 8.13. The van der Waals surface area contributed by atoms with E-state index in [4.69, 9.17) is 10.5 Å². The van der Waals surface area contributed by atoms with E-state index >= 15 is 0 Å². The number of benzene rings is 1. The molecule has 3 N–H and O–H groups in total. The van der Waals surface area contributed by atoms with E-state index in [1.165, 1.54) is 12.1 Å². The van der Waals surface area contributed by atoms with E-state index in [0.29, 0.717) is 12.3 Å². The minimum absolute atomic E-state index is 0.0170. The van der Waals surface area contributed by atoms with E-state index < -0.39 is 5.82 Å². The van der Waals surface area contributed by atoms with Gasteiger partial charge in [0.15, 0.2) is 0 Å². The molecule has 0 bridgehead atoms. The van der Waals surface area contributed by atoms with E-state index in [-0.39, 0.29) is 18.2 Å². The predicted octanol–water partition coefficient (Wildman–Crippen LogP) is 2.16. The van der Waals surface area contributed by atoms with E-state index in [9.17, 15) is 9.18 Å². The van der Waals surface area contributed by atoms with Crippen molar-refractivity contribution in [2.45, 2.75) is 19.8 Å². The van der Waals surface area contributed by atoms with Gasteiger partial charge in [-0.1, -0.05) is 13.3 Å². The van der Waals surface area contributed by atoms with Crippen molar-refractivity contribution in [3.05, 3.63) is 24.0 Å². The molecule has 0 aliphatic heterocycles. The molecule has 0 aliphatic rings. The van der Waals surface area contributed by atoms with Gasteiger partial charge in [0.2, 0.25) is 5.91 Å². The Bertz CT molecular complexity index is 383. The summed E-state index contributed by atoms with van der Waals surface area (Å²) in [5.74, 6) is -0.723. The van der Waals surface area contributed by atoms with Gasteiger partial charge in [-0.2, -0.15) is 0 Å². The Labute approximate surface area is 100.0 Å². The third-order valence-corrected chi connectivity index (χ3v) is 2.16. The fourth-order valence-electron chi connectivity index (χ4n) is 1.24. The molecule has 0 spiro atoms. The molecular formula is C12H17FN2O2. The molecule has 1 amide bonds. The van der Waals surface area contributed by atoms with Crippen LogP contribution in [0.25, 0.3) is 0 Å². The molecule has 1 aromatic rings. The van der Waals surface area contributed by atoms with Crippen molar-refractivity contribution in [3.8, 4) is 0 Å². The molecule has 5 heteroatoms. The number of carbonyl (C=O) groups excluding carboxylic acids is 1. The third-order valence-electron chi connectivity index (χ3n) is 2.16. The van der Waals surface area contributed by atoms with Crippen molar-refractivity contribution in [1.82, 2.24) is 0 Å². The van der Waals surface area contributed by atoms with E-state index in [1.54, 1.807) is 0 Å². The molecule has 0 radical (unpaired) electrons. The summed E-state index contributed by atoms with van der Waals surface area (Å²) >= 11 is 0. The van der Waals surface area contributed by atoms with E-state index in [1.807, 2.05) is 6.92 Å². The molecule has 4 nitrogen and oxygen atoms in total. The first-order valence-corrected chi connectivity index (χ1v) is 5.56. The number of nitrogens with one attached hydrogen (secondary N) is 1. The molecule has 0 aliphatic carbocycles. The lowest BCUT2D eigenvalue weighted by molar-refractivity contribution is -0.120. The lowest BCUT2D eigenvalue weighted by Crippen LogP contribution is -2.19. The van der Waals surface area contributed by atoms with Crippen molar-refractivity contribution in [2.24, 2.45) is 0 Å². The van der Waals surface area contributed by atoms with Crippen LogP contribution in [0.4, 0.5) is 15.8 Å². The topological polar surface area (TPSA) is 64.3 Å². The molecule has 94 valence electrons. The SMILES string of the molecule is CCCCOCC(=O)Nc1ccc(F)cc1N. The number of hydrogen-bond acceptors (Lipinski definition) is 3. The van der Waals surface area contributed by atoms with Crippen LogP contribution >= 0.6 is 0 Å². The minimum Gasteiger partial charge on any atom is -0.397 e. The maximum absolute atomic E-state index is 12.8. The first kappa shape index (κ1) is 13.4. The molecule has 1 aromatic carbocycles. The molecule has 0 fully saturated rings. The molecule has 17 heavy (non-hydrogen) atoms. The molecule has 0 saturated heterocycles. The summed E-state index contributed by atoms with van der Waals surface area (Å²) < 4.78 is 17.9. The molecule has 0 atom stereocenters. The van der Waals surface area contributed by atoms with Crippen LogP contribution < -0.4 is 11.1 Å². The fraction of sp³-hybridized carbons (Fsp3) is 0.417. The van der Waals surface area contributed by atoms with Gasteiger partial charge < -0.3 is 15.8 Å². The summed E-state index contributed by atoms with van der Waals surface area (Å²) in [7, 11) is 0. The minimum atomic E-state index is -0.431. The van der Waals surface area contributed by atoms with Gasteiger partial charge in [0.05, 0.1) is 11.4 Å². The highest BCUT2D eigenvalue weighted by atomic mass is 19.1. The molecule has 0 saturated carbocycles. The summed E-state index contributed by atoms with van der Waals surface area (Å²) in [4.78, 5) is 11.4. The highest BCUT2D eigenvalue weighted by molar-refractivity contribution is 5.94. The number of nitrogen functional groups attached to an aromatic ring is 1. The van der Waals surface area contributed by atoms with Crippen LogP contribution in [0.5, 0.6) is 0 Å². The summed E-state index contributed by atoms with van der Waals surface area (Å²) in [5, 5.41) is 2.56. The first-order valence-electron chi connectivity index (χ1n) is 5.56. The van der Waals surface area contributed by atoms with Gasteiger partial charge in [0, 0.05) is 6.61 Å². The number of nitrogens with two attached hydrogens (primary N) is 1. The van der Waals surface area contributed by atoms with Gasteiger partial charge in [-0.25, -0.2) is 4.39 Å². The lowest BCUT2D eigenvalue weighted by Gasteiger charge is -2.08. The molecule has 0 heterocycles. The second kappa shape index (κ2) is 6.85. The van der Waals surface area contributed by atoms with Crippen LogP contribution in [-0.4, -0.2) is 19.1 Å². The summed E-state index contributed by atoms with van der Waals surface area (Å²) in [6.45, 7) is 2.59. The standard InChI is InChI=1S/C12H17FN2O2/c1-2-3-6-17-8-12(16)15-11-5-4-9(13)7-10(11)14/h4-5,7H,2-3,6,8,14H2,1H3,(H,15,16). The Morgan fingerprint density at radius 2 is 2.29 bits per heavy atom. The zero-order valence-corrected chi connectivity index (χ0v) is 9.83. The Hall–Kier alpha value is -1.62. The summed E-state index contributed by atoms with van der Waals surface area (Å²) in [5.41, 5.74) is 6.15. The van der Waals surface area contributed by atoms with Gasteiger partial charge in [-0.15, -0.1) is 0 Å². The van der Waals surface area contributed by atoms with Crippen LogP contribution in [0, 0.1) is 5.82 Å². The number of anilines is 2. The molecular weight excluding hydrogens is 223 g/mol. The average Bonchev–Trinajstić information content (AvgIpc) is 2.28. The maximum Gasteiger partial charge on any atom is 0.250 e. The zero-order chi connectivity index (χ0) is 12.7. The Balaban J connectivity index is 2.40. The monoisotopic (exact) mass is 240 g/mol. The predicted molar refractivity (Wildman–Crippen MR) is 65.2 cm³/mol. The second-order valence-corrected chi connectivity index (χ2v) is 3.69. The van der Waals surface area contributed by atoms with Crippen molar-refractivity contribution in [3.63, 3.8) is 0 Å². The highest BCUT2D eigenvalue weighted by Crippen LogP contribution is 2.18. The van der Waals surface area contributed by atoms with E-state index in [2.05, 4.69) is 5.32 Å². The average molecular weight is 240 g/mol. The number of rotatable bonds is 6. The smallest absolute Gasteiger partial charge is 0.250 e. The summed E-state index contributed by atoms with van der Waals surface area (Å²) in [6.07, 6.45) is 1.94. The molecule has 0 unspecified atom stereocenters. The van der Waals surface area contributed by atoms with Crippen LogP contribution in [0.15, 0.2) is 18.2 Å². The number of ether oxygens (including phenoxy) is 1. The van der Waals surface area contributed by atoms with Gasteiger partial charge in [-0.05, 0) is 24.6 Å². The van der Waals surface area contributed by atoms with Gasteiger partial charge in [0.25, 0.3) is 0 Å². The Kier molecular flexibility index (Phi) is 5.42. The lowest BCUT2D eigenvalue weighted by atomic mass is 10.2. The quantitative estimate of drug-likeness (QED) is 0.591. The van der Waals surface area contributed by atoms with Gasteiger partial charge in [0.1, 0.15) is 12.4 Å². The maximum atomic E-state index is 12.8. The third kappa shape index (κ3) is 4.82. The number of hydrogen-bond donors (Lipinski definition) is 2. The van der Waals surface area contributed by atoms with Crippen molar-refractivity contribution in [2.75, 3.05) is 24.3 Å². The largest absolute Gasteiger partial charge is 0.397 e. The molecule has 0 aromatic heterocycles. The van der Waals surface area contributed by atoms with Crippen LogP contribution in [-0.2, 0) is 9.53 Å². The second-order valence-electron chi connectivity index (χ2n) is 3.69. The van der Waals surface area contributed by atoms with Crippen LogP contribution in [0.1, 0.15) is 19.8 Å². The number of carbonyl (C=O) groups is 1. The van der Waals surface area contributed by atoms with Crippen molar-refractivity contribution < 1.29 is 13.9 Å². The summed E-state index contributed by atoms with van der Waals surface area (Å²) in [6, 6.07) is 3.83. The van der Waals surface area contributed by atoms with Crippen LogP contribution in [0.2, 0.25) is 0 Å². The van der Waals surface area contributed by atoms with Crippen molar-refractivity contribution in [1.29, 1.82) is 0 Å². The molecule has 1 rings (SSSR count). The van der Waals surface area contributed by atoms with Crippen LogP contribution in [0.3, 0.4) is 0 Å². The van der Waals surface area contributed by atoms with Gasteiger partial charge in [-0.3, -0.25) is 4.79 Å². The Morgan fingerprint density at radius 3 is 2.94 bits per heavy atom. The number of unbranched alkanes of at least 4 members (excludes halogenated alkanes) is 1. The highest BCUT2D eigenvalue weighted by Gasteiger charge is 2.05. The number of amides is 1. The normalized spacial score (nSPS) is 10.2.